The summed E-state index contributed by atoms with van der Waals surface area (Å²) in [6.45, 7) is 3.38. The van der Waals surface area contributed by atoms with E-state index >= 15 is 0 Å². The third-order valence-corrected chi connectivity index (χ3v) is 6.23. The molecule has 1 aromatic heterocycles. The van der Waals surface area contributed by atoms with Crippen molar-refractivity contribution in [2.45, 2.75) is 20.3 Å². The number of carbonyl (C=O) groups is 2. The molecule has 1 amide bonds. The minimum Gasteiger partial charge on any atom is -0.493 e. The molecule has 194 valence electrons. The van der Waals surface area contributed by atoms with Crippen LogP contribution in [0.1, 0.15) is 25.0 Å². The van der Waals surface area contributed by atoms with Crippen LogP contribution >= 0.6 is 11.6 Å². The van der Waals surface area contributed by atoms with Crippen molar-refractivity contribution in [3.8, 4) is 28.4 Å². The number of nitrogens with zero attached hydrogens (tertiary/aromatic N) is 1. The van der Waals surface area contributed by atoms with Crippen molar-refractivity contribution in [2.75, 3.05) is 19.5 Å². The number of rotatable bonds is 8. The predicted molar refractivity (Wildman–Crippen MR) is 150 cm³/mol. The molecule has 8 heteroatoms. The number of hydrogen-bond donors (Lipinski definition) is 1. The third kappa shape index (κ3) is 5.79. The third-order valence-electron chi connectivity index (χ3n) is 5.90. The van der Waals surface area contributed by atoms with Crippen molar-refractivity contribution in [3.05, 3.63) is 83.0 Å². The average Bonchev–Trinajstić information content (AvgIpc) is 2.92. The number of benzene rings is 3. The van der Waals surface area contributed by atoms with Crippen LogP contribution in [0, 0.1) is 0 Å². The molecule has 0 radical (unpaired) electrons. The van der Waals surface area contributed by atoms with Gasteiger partial charge in [0.2, 0.25) is 11.7 Å². The van der Waals surface area contributed by atoms with Gasteiger partial charge in [-0.15, -0.1) is 0 Å². The van der Waals surface area contributed by atoms with Gasteiger partial charge >= 0.3 is 5.97 Å². The Hall–Kier alpha value is -4.36. The SMILES string of the molecule is CCc1ccc2ncc(NC(=O)C=Cc3cc(OC)c(OC(C)=O)c(OC)c3)c(-c3ccccc3Cl)c2c1. The van der Waals surface area contributed by atoms with E-state index in [0.29, 0.717) is 27.8 Å². The number of pyridine rings is 1. The Balaban J connectivity index is 1.71. The summed E-state index contributed by atoms with van der Waals surface area (Å²) in [5, 5.41) is 4.42. The van der Waals surface area contributed by atoms with Gasteiger partial charge in [-0.1, -0.05) is 42.8 Å². The van der Waals surface area contributed by atoms with Gasteiger partial charge in [-0.3, -0.25) is 14.6 Å². The maximum atomic E-state index is 13.0. The van der Waals surface area contributed by atoms with Gasteiger partial charge < -0.3 is 19.5 Å². The molecule has 0 saturated carbocycles. The lowest BCUT2D eigenvalue weighted by Gasteiger charge is -2.15. The van der Waals surface area contributed by atoms with E-state index in [0.717, 1.165) is 34.0 Å². The first-order chi connectivity index (χ1) is 18.3. The second-order valence-electron chi connectivity index (χ2n) is 8.40. The van der Waals surface area contributed by atoms with E-state index in [-0.39, 0.29) is 11.7 Å². The lowest BCUT2D eigenvalue weighted by atomic mass is 9.97. The maximum Gasteiger partial charge on any atom is 0.308 e. The number of aryl methyl sites for hydroxylation is 1. The average molecular weight is 531 g/mol. The standard InChI is InChI=1S/C30H27ClN2O5/c1-5-19-10-12-24-22(14-19)29(21-8-6-7-9-23(21)31)25(17-32-24)33-28(35)13-11-20-15-26(36-3)30(38-18(2)34)27(16-20)37-4/h6-17H,5H2,1-4H3,(H,33,35). The molecule has 0 fully saturated rings. The summed E-state index contributed by atoms with van der Waals surface area (Å²) >= 11 is 6.58. The molecule has 1 N–H and O–H groups in total. The van der Waals surface area contributed by atoms with Gasteiger partial charge in [0.15, 0.2) is 11.5 Å². The summed E-state index contributed by atoms with van der Waals surface area (Å²) in [5.41, 5.74) is 4.69. The van der Waals surface area contributed by atoms with Gasteiger partial charge in [0.1, 0.15) is 0 Å². The zero-order chi connectivity index (χ0) is 27.2. The highest BCUT2D eigenvalue weighted by atomic mass is 35.5. The number of fused-ring (bicyclic) bond motifs is 1. The molecule has 3 aromatic carbocycles. The van der Waals surface area contributed by atoms with Crippen molar-refractivity contribution in [1.29, 1.82) is 0 Å². The Morgan fingerprint density at radius 2 is 1.74 bits per heavy atom. The van der Waals surface area contributed by atoms with Crippen LogP contribution < -0.4 is 19.5 Å². The van der Waals surface area contributed by atoms with Crippen LogP contribution in [0.25, 0.3) is 28.1 Å². The van der Waals surface area contributed by atoms with Crippen LogP contribution in [0.15, 0.2) is 66.9 Å². The Labute approximate surface area is 226 Å². The fourth-order valence-corrected chi connectivity index (χ4v) is 4.33. The molecule has 0 spiro atoms. The second kappa shape index (κ2) is 11.8. The van der Waals surface area contributed by atoms with Crippen molar-refractivity contribution < 1.29 is 23.8 Å². The lowest BCUT2D eigenvalue weighted by Crippen LogP contribution is -2.10. The summed E-state index contributed by atoms with van der Waals surface area (Å²) in [6.07, 6.45) is 5.50. The number of hydrogen-bond acceptors (Lipinski definition) is 6. The van der Waals surface area contributed by atoms with E-state index in [2.05, 4.69) is 23.3 Å². The Morgan fingerprint density at radius 3 is 2.37 bits per heavy atom. The zero-order valence-corrected chi connectivity index (χ0v) is 22.3. The maximum absolute atomic E-state index is 13.0. The molecule has 0 unspecified atom stereocenters. The number of aromatic nitrogens is 1. The molecule has 0 saturated heterocycles. The van der Waals surface area contributed by atoms with Crippen LogP contribution in [-0.2, 0) is 16.0 Å². The van der Waals surface area contributed by atoms with E-state index in [1.54, 1.807) is 24.4 Å². The first-order valence-electron chi connectivity index (χ1n) is 11.9. The Morgan fingerprint density at radius 1 is 1.03 bits per heavy atom. The molecule has 0 aliphatic rings. The van der Waals surface area contributed by atoms with E-state index in [4.69, 9.17) is 25.8 Å². The highest BCUT2D eigenvalue weighted by Gasteiger charge is 2.17. The highest BCUT2D eigenvalue weighted by Crippen LogP contribution is 2.40. The molecule has 0 atom stereocenters. The first kappa shape index (κ1) is 26.7. The molecule has 0 aliphatic carbocycles. The van der Waals surface area contributed by atoms with Crippen LogP contribution in [-0.4, -0.2) is 31.1 Å². The summed E-state index contributed by atoms with van der Waals surface area (Å²) in [5.74, 6) is -0.110. The van der Waals surface area contributed by atoms with Gasteiger partial charge in [-0.2, -0.15) is 0 Å². The zero-order valence-electron chi connectivity index (χ0n) is 21.5. The van der Waals surface area contributed by atoms with Gasteiger partial charge in [0.05, 0.1) is 31.6 Å². The minimum atomic E-state index is -0.506. The minimum absolute atomic E-state index is 0.169. The van der Waals surface area contributed by atoms with Crippen molar-refractivity contribution >= 4 is 46.1 Å². The molecule has 1 heterocycles. The molecule has 7 nitrogen and oxygen atoms in total. The van der Waals surface area contributed by atoms with Crippen LogP contribution in [0.2, 0.25) is 5.02 Å². The fourth-order valence-electron chi connectivity index (χ4n) is 4.10. The monoisotopic (exact) mass is 530 g/mol. The van der Waals surface area contributed by atoms with E-state index < -0.39 is 5.97 Å². The number of nitrogens with one attached hydrogen (secondary N) is 1. The number of esters is 1. The number of anilines is 1. The van der Waals surface area contributed by atoms with E-state index in [1.807, 2.05) is 36.4 Å². The van der Waals surface area contributed by atoms with Crippen molar-refractivity contribution in [1.82, 2.24) is 4.98 Å². The summed E-state index contributed by atoms with van der Waals surface area (Å²) in [7, 11) is 2.91. The molecule has 0 bridgehead atoms. The number of carbonyl (C=O) groups excluding carboxylic acids is 2. The van der Waals surface area contributed by atoms with Crippen molar-refractivity contribution in [3.63, 3.8) is 0 Å². The van der Waals surface area contributed by atoms with Gasteiger partial charge in [-0.05, 0) is 54.0 Å². The quantitative estimate of drug-likeness (QED) is 0.155. The largest absolute Gasteiger partial charge is 0.493 e. The van der Waals surface area contributed by atoms with Crippen LogP contribution in [0.3, 0.4) is 0 Å². The summed E-state index contributed by atoms with van der Waals surface area (Å²) in [6, 6.07) is 16.9. The van der Waals surface area contributed by atoms with Crippen molar-refractivity contribution in [2.24, 2.45) is 0 Å². The number of ether oxygens (including phenoxy) is 3. The number of halogens is 1. The Kier molecular flexibility index (Phi) is 8.28. The normalized spacial score (nSPS) is 11.0. The molecular formula is C30H27ClN2O5. The fraction of sp³-hybridized carbons (Fsp3) is 0.167. The Bertz CT molecular complexity index is 1520. The predicted octanol–water partition coefficient (Wildman–Crippen LogP) is 6.71. The van der Waals surface area contributed by atoms with E-state index in [9.17, 15) is 9.59 Å². The highest BCUT2D eigenvalue weighted by molar-refractivity contribution is 6.34. The second-order valence-corrected chi connectivity index (χ2v) is 8.81. The van der Waals surface area contributed by atoms with Gasteiger partial charge in [0, 0.05) is 34.5 Å². The molecule has 38 heavy (non-hydrogen) atoms. The van der Waals surface area contributed by atoms with E-state index in [1.165, 1.54) is 27.2 Å². The molecule has 4 rings (SSSR count). The molecular weight excluding hydrogens is 504 g/mol. The van der Waals surface area contributed by atoms with Gasteiger partial charge in [-0.25, -0.2) is 0 Å². The summed E-state index contributed by atoms with van der Waals surface area (Å²) in [4.78, 5) is 29.1. The number of amides is 1. The van der Waals surface area contributed by atoms with Crippen LogP contribution in [0.4, 0.5) is 5.69 Å². The first-order valence-corrected chi connectivity index (χ1v) is 12.3. The van der Waals surface area contributed by atoms with Gasteiger partial charge in [0.25, 0.3) is 0 Å². The number of methoxy groups -OCH3 is 2. The van der Waals surface area contributed by atoms with Crippen LogP contribution in [0.5, 0.6) is 17.2 Å². The molecule has 4 aromatic rings. The topological polar surface area (TPSA) is 86.8 Å². The summed E-state index contributed by atoms with van der Waals surface area (Å²) < 4.78 is 15.9. The molecule has 0 aliphatic heterocycles. The smallest absolute Gasteiger partial charge is 0.308 e. The lowest BCUT2D eigenvalue weighted by molar-refractivity contribution is -0.132.